The first-order valence-electron chi connectivity index (χ1n) is 6.67. The van der Waals surface area contributed by atoms with Crippen LogP contribution in [0.4, 0.5) is 0 Å². The first-order valence-corrected chi connectivity index (χ1v) is 6.67. The minimum Gasteiger partial charge on any atom is -0.385 e. The third-order valence-electron chi connectivity index (χ3n) is 3.35. The Morgan fingerprint density at radius 3 is 2.35 bits per heavy atom. The van der Waals surface area contributed by atoms with Gasteiger partial charge in [0.15, 0.2) is 0 Å². The third kappa shape index (κ3) is 3.83. The molecule has 2 rings (SSSR count). The van der Waals surface area contributed by atoms with Crippen LogP contribution in [0.15, 0.2) is 30.3 Å². The molecule has 1 aromatic rings. The lowest BCUT2D eigenvalue weighted by Crippen LogP contribution is -2.27. The van der Waals surface area contributed by atoms with Crippen molar-refractivity contribution < 1.29 is 5.11 Å². The number of rotatable bonds is 1. The summed E-state index contributed by atoms with van der Waals surface area (Å²) in [7, 11) is 2.12. The fourth-order valence-electron chi connectivity index (χ4n) is 2.29. The topological polar surface area (TPSA) is 23.5 Å². The molecule has 2 nitrogen and oxygen atoms in total. The van der Waals surface area contributed by atoms with Crippen LogP contribution >= 0.6 is 0 Å². The number of aliphatic hydroxyl groups is 1. The molecular formula is C15H25NO. The predicted molar refractivity (Wildman–Crippen MR) is 73.0 cm³/mol. The first-order chi connectivity index (χ1) is 8.21. The van der Waals surface area contributed by atoms with Crippen molar-refractivity contribution in [2.24, 2.45) is 0 Å². The van der Waals surface area contributed by atoms with Crippen LogP contribution in [-0.2, 0) is 5.60 Å². The summed E-state index contributed by atoms with van der Waals surface area (Å²) in [5.74, 6) is 0. The Bertz CT molecular complexity index is 312. The highest BCUT2D eigenvalue weighted by Crippen LogP contribution is 2.32. The SMILES string of the molecule is CC.CN1CCCC(O)(c2ccccc2)CC1. The first kappa shape index (κ1) is 14.2. The Kier molecular flexibility index (Phi) is 5.66. The van der Waals surface area contributed by atoms with Gasteiger partial charge in [-0.05, 0) is 38.4 Å². The Morgan fingerprint density at radius 2 is 1.71 bits per heavy atom. The average molecular weight is 235 g/mol. The second kappa shape index (κ2) is 6.77. The zero-order valence-electron chi connectivity index (χ0n) is 11.3. The van der Waals surface area contributed by atoms with Crippen molar-refractivity contribution in [2.45, 2.75) is 38.7 Å². The van der Waals surface area contributed by atoms with Crippen LogP contribution in [0.1, 0.15) is 38.7 Å². The summed E-state index contributed by atoms with van der Waals surface area (Å²) in [6.07, 6.45) is 2.79. The number of hydrogen-bond acceptors (Lipinski definition) is 2. The fraction of sp³-hybridized carbons (Fsp3) is 0.600. The number of likely N-dealkylation sites (tertiary alicyclic amines) is 1. The van der Waals surface area contributed by atoms with Gasteiger partial charge in [-0.2, -0.15) is 0 Å². The maximum Gasteiger partial charge on any atom is 0.0909 e. The van der Waals surface area contributed by atoms with Crippen molar-refractivity contribution in [2.75, 3.05) is 20.1 Å². The van der Waals surface area contributed by atoms with Crippen molar-refractivity contribution >= 4 is 0 Å². The van der Waals surface area contributed by atoms with Crippen molar-refractivity contribution in [3.05, 3.63) is 35.9 Å². The molecule has 17 heavy (non-hydrogen) atoms. The van der Waals surface area contributed by atoms with E-state index >= 15 is 0 Å². The predicted octanol–water partition coefficient (Wildman–Crippen LogP) is 3.02. The molecule has 0 bridgehead atoms. The van der Waals surface area contributed by atoms with E-state index in [0.29, 0.717) is 0 Å². The summed E-state index contributed by atoms with van der Waals surface area (Å²) in [6, 6.07) is 10.1. The molecule has 1 heterocycles. The summed E-state index contributed by atoms with van der Waals surface area (Å²) in [5.41, 5.74) is 0.465. The maximum atomic E-state index is 10.6. The Morgan fingerprint density at radius 1 is 1.06 bits per heavy atom. The van der Waals surface area contributed by atoms with Gasteiger partial charge in [0.05, 0.1) is 5.60 Å². The molecule has 1 atom stereocenters. The van der Waals surface area contributed by atoms with Gasteiger partial charge in [0, 0.05) is 6.54 Å². The van der Waals surface area contributed by atoms with E-state index in [1.54, 1.807) is 0 Å². The summed E-state index contributed by atoms with van der Waals surface area (Å²) >= 11 is 0. The molecule has 1 saturated heterocycles. The monoisotopic (exact) mass is 235 g/mol. The molecule has 0 aromatic heterocycles. The maximum absolute atomic E-state index is 10.6. The van der Waals surface area contributed by atoms with Gasteiger partial charge in [-0.3, -0.25) is 0 Å². The van der Waals surface area contributed by atoms with E-state index in [1.165, 1.54) is 0 Å². The molecule has 1 aliphatic heterocycles. The molecule has 1 fully saturated rings. The van der Waals surface area contributed by atoms with Gasteiger partial charge in [-0.1, -0.05) is 44.2 Å². The average Bonchev–Trinajstić information content (AvgIpc) is 2.56. The van der Waals surface area contributed by atoms with Gasteiger partial charge in [-0.15, -0.1) is 0 Å². The van der Waals surface area contributed by atoms with Crippen LogP contribution in [0.3, 0.4) is 0 Å². The Balaban J connectivity index is 0.000000686. The number of benzene rings is 1. The molecule has 0 radical (unpaired) electrons. The normalized spacial score (nSPS) is 25.6. The standard InChI is InChI=1S/C13H19NO.C2H6/c1-14-10-5-8-13(15,9-11-14)12-6-3-2-4-7-12;1-2/h2-4,6-7,15H,5,8-11H2,1H3;1-2H3. The Labute approximate surface area is 105 Å². The van der Waals surface area contributed by atoms with Crippen molar-refractivity contribution in [1.82, 2.24) is 4.90 Å². The zero-order valence-corrected chi connectivity index (χ0v) is 11.3. The second-order valence-corrected chi connectivity index (χ2v) is 4.55. The number of nitrogens with zero attached hydrogens (tertiary/aromatic N) is 1. The molecular weight excluding hydrogens is 210 g/mol. The summed E-state index contributed by atoms with van der Waals surface area (Å²) in [5, 5.41) is 10.6. The van der Waals surface area contributed by atoms with Gasteiger partial charge in [0.1, 0.15) is 0 Å². The summed E-state index contributed by atoms with van der Waals surface area (Å²) in [6.45, 7) is 6.07. The van der Waals surface area contributed by atoms with E-state index in [1.807, 2.05) is 44.2 Å². The molecule has 0 spiro atoms. The van der Waals surface area contributed by atoms with E-state index in [2.05, 4.69) is 11.9 Å². The van der Waals surface area contributed by atoms with Gasteiger partial charge < -0.3 is 10.0 Å². The quantitative estimate of drug-likeness (QED) is 0.809. The Hall–Kier alpha value is -0.860. The van der Waals surface area contributed by atoms with E-state index in [-0.39, 0.29) is 0 Å². The molecule has 1 N–H and O–H groups in total. The van der Waals surface area contributed by atoms with Crippen LogP contribution < -0.4 is 0 Å². The van der Waals surface area contributed by atoms with Gasteiger partial charge in [0.2, 0.25) is 0 Å². The number of hydrogen-bond donors (Lipinski definition) is 1. The minimum absolute atomic E-state index is 0.605. The molecule has 0 saturated carbocycles. The van der Waals surface area contributed by atoms with Crippen LogP contribution in [0.25, 0.3) is 0 Å². The van der Waals surface area contributed by atoms with E-state index in [9.17, 15) is 5.11 Å². The molecule has 96 valence electrons. The van der Waals surface area contributed by atoms with Crippen LogP contribution in [0.2, 0.25) is 0 Å². The van der Waals surface area contributed by atoms with Crippen molar-refractivity contribution in [1.29, 1.82) is 0 Å². The molecule has 0 amide bonds. The lowest BCUT2D eigenvalue weighted by atomic mass is 9.87. The third-order valence-corrected chi connectivity index (χ3v) is 3.35. The van der Waals surface area contributed by atoms with Gasteiger partial charge in [-0.25, -0.2) is 0 Å². The highest BCUT2D eigenvalue weighted by Gasteiger charge is 2.30. The van der Waals surface area contributed by atoms with E-state index in [4.69, 9.17) is 0 Å². The smallest absolute Gasteiger partial charge is 0.0909 e. The van der Waals surface area contributed by atoms with E-state index in [0.717, 1.165) is 37.9 Å². The van der Waals surface area contributed by atoms with Crippen LogP contribution in [0, 0.1) is 0 Å². The molecule has 0 aliphatic carbocycles. The molecule has 2 heteroatoms. The zero-order chi connectivity index (χ0) is 12.7. The summed E-state index contributed by atoms with van der Waals surface area (Å²) < 4.78 is 0. The summed E-state index contributed by atoms with van der Waals surface area (Å²) in [4.78, 5) is 2.29. The highest BCUT2D eigenvalue weighted by molar-refractivity contribution is 5.22. The fourth-order valence-corrected chi connectivity index (χ4v) is 2.29. The molecule has 1 unspecified atom stereocenters. The van der Waals surface area contributed by atoms with Crippen LogP contribution in [0.5, 0.6) is 0 Å². The van der Waals surface area contributed by atoms with E-state index < -0.39 is 5.60 Å². The van der Waals surface area contributed by atoms with Crippen molar-refractivity contribution in [3.8, 4) is 0 Å². The van der Waals surface area contributed by atoms with Gasteiger partial charge in [0.25, 0.3) is 0 Å². The lowest BCUT2D eigenvalue weighted by Gasteiger charge is -2.27. The van der Waals surface area contributed by atoms with Crippen LogP contribution in [-0.4, -0.2) is 30.1 Å². The van der Waals surface area contributed by atoms with Gasteiger partial charge >= 0.3 is 0 Å². The van der Waals surface area contributed by atoms with Crippen molar-refractivity contribution in [3.63, 3.8) is 0 Å². The largest absolute Gasteiger partial charge is 0.385 e. The second-order valence-electron chi connectivity index (χ2n) is 4.55. The molecule has 1 aliphatic rings. The lowest BCUT2D eigenvalue weighted by molar-refractivity contribution is 0.0218. The highest BCUT2D eigenvalue weighted by atomic mass is 16.3. The molecule has 1 aromatic carbocycles. The minimum atomic E-state index is -0.605.